The number of nitrogens with zero attached hydrogens (tertiary/aromatic N) is 2. The molecule has 0 radical (unpaired) electrons. The van der Waals surface area contributed by atoms with Gasteiger partial charge in [-0.2, -0.15) is 11.8 Å². The summed E-state index contributed by atoms with van der Waals surface area (Å²) in [5.74, 6) is 0.844. The number of guanidine groups is 1. The predicted molar refractivity (Wildman–Crippen MR) is 118 cm³/mol. The van der Waals surface area contributed by atoms with Crippen LogP contribution in [0.2, 0.25) is 0 Å². The van der Waals surface area contributed by atoms with E-state index in [-0.39, 0.29) is 22.9 Å². The van der Waals surface area contributed by atoms with Crippen molar-refractivity contribution in [3.63, 3.8) is 0 Å². The van der Waals surface area contributed by atoms with Crippen molar-refractivity contribution in [3.8, 4) is 0 Å². The summed E-state index contributed by atoms with van der Waals surface area (Å²) in [6.07, 6.45) is 2.26. The number of morpholine rings is 1. The van der Waals surface area contributed by atoms with Crippen molar-refractivity contribution < 1.29 is 9.53 Å². The van der Waals surface area contributed by atoms with E-state index in [2.05, 4.69) is 35.7 Å². The minimum atomic E-state index is 0.0679. The summed E-state index contributed by atoms with van der Waals surface area (Å²) in [4.78, 5) is 18.9. The maximum absolute atomic E-state index is 12.7. The van der Waals surface area contributed by atoms with Crippen molar-refractivity contribution in [1.82, 2.24) is 15.5 Å². The highest BCUT2D eigenvalue weighted by Crippen LogP contribution is 2.19. The number of aliphatic imine (C=N–C) groups is 1. The average Bonchev–Trinajstić information content (AvgIpc) is 2.67. The van der Waals surface area contributed by atoms with Crippen LogP contribution in [-0.2, 0) is 11.3 Å². The van der Waals surface area contributed by atoms with Gasteiger partial charge in [0.25, 0.3) is 5.91 Å². The number of carbonyl (C=O) groups is 1. The molecule has 28 heavy (non-hydrogen) atoms. The second-order valence-electron chi connectivity index (χ2n) is 7.91. The Hall–Kier alpha value is -1.73. The van der Waals surface area contributed by atoms with Gasteiger partial charge in [0.15, 0.2) is 5.96 Å². The van der Waals surface area contributed by atoms with Gasteiger partial charge >= 0.3 is 0 Å². The van der Waals surface area contributed by atoms with Gasteiger partial charge in [0.2, 0.25) is 0 Å². The third-order valence-electron chi connectivity index (χ3n) is 4.83. The normalized spacial score (nSPS) is 20.8. The molecule has 156 valence electrons. The Labute approximate surface area is 173 Å². The first-order valence-electron chi connectivity index (χ1n) is 9.77. The van der Waals surface area contributed by atoms with Gasteiger partial charge < -0.3 is 20.3 Å². The van der Waals surface area contributed by atoms with Gasteiger partial charge in [0.05, 0.1) is 12.2 Å². The van der Waals surface area contributed by atoms with E-state index in [4.69, 9.17) is 4.74 Å². The molecule has 1 fully saturated rings. The fourth-order valence-electron chi connectivity index (χ4n) is 3.07. The summed E-state index contributed by atoms with van der Waals surface area (Å²) >= 11 is 1.82. The fourth-order valence-corrected chi connectivity index (χ4v) is 3.28. The molecule has 6 nitrogen and oxygen atoms in total. The van der Waals surface area contributed by atoms with Crippen molar-refractivity contribution in [1.29, 1.82) is 0 Å². The Balaban J connectivity index is 1.89. The highest BCUT2D eigenvalue weighted by Gasteiger charge is 2.26. The summed E-state index contributed by atoms with van der Waals surface area (Å²) in [6.45, 7) is 11.2. The van der Waals surface area contributed by atoms with Crippen LogP contribution < -0.4 is 10.6 Å². The number of carbonyl (C=O) groups excluding carboxylic acids is 1. The molecule has 1 saturated heterocycles. The van der Waals surface area contributed by atoms with E-state index in [1.165, 1.54) is 0 Å². The molecule has 7 heteroatoms. The molecule has 0 aliphatic carbocycles. The van der Waals surface area contributed by atoms with Crippen molar-refractivity contribution in [2.75, 3.05) is 32.9 Å². The van der Waals surface area contributed by atoms with Crippen molar-refractivity contribution in [3.05, 3.63) is 35.4 Å². The van der Waals surface area contributed by atoms with Gasteiger partial charge in [-0.25, -0.2) is 0 Å². The molecular formula is C21H34N4O2S. The molecule has 0 saturated carbocycles. The second kappa shape index (κ2) is 10.2. The van der Waals surface area contributed by atoms with Crippen molar-refractivity contribution >= 4 is 23.6 Å². The molecule has 1 aromatic rings. The van der Waals surface area contributed by atoms with E-state index in [1.807, 2.05) is 54.8 Å². The van der Waals surface area contributed by atoms with E-state index in [0.717, 1.165) is 18.1 Å². The smallest absolute Gasteiger partial charge is 0.254 e. The number of rotatable bonds is 6. The molecule has 1 aliphatic heterocycles. The summed E-state index contributed by atoms with van der Waals surface area (Å²) in [7, 11) is 1.77. The molecule has 2 N–H and O–H groups in total. The van der Waals surface area contributed by atoms with Crippen LogP contribution >= 0.6 is 11.8 Å². The summed E-state index contributed by atoms with van der Waals surface area (Å²) in [5.41, 5.74) is 1.82. The highest BCUT2D eigenvalue weighted by molar-refractivity contribution is 7.99. The SMILES string of the molecule is CN=C(NCc1ccc(C(=O)N2CC(C)OC(C)C2)cc1)NCC(C)(C)SC. The minimum absolute atomic E-state index is 0.0679. The molecular weight excluding hydrogens is 372 g/mol. The monoisotopic (exact) mass is 406 g/mol. The lowest BCUT2D eigenvalue weighted by Gasteiger charge is -2.35. The maximum Gasteiger partial charge on any atom is 0.254 e. The lowest BCUT2D eigenvalue weighted by Crippen LogP contribution is -2.48. The largest absolute Gasteiger partial charge is 0.372 e. The van der Waals surface area contributed by atoms with Crippen LogP contribution in [0, 0.1) is 0 Å². The minimum Gasteiger partial charge on any atom is -0.372 e. The Bertz CT molecular complexity index is 665. The number of nitrogens with one attached hydrogen (secondary N) is 2. The van der Waals surface area contributed by atoms with Gasteiger partial charge in [-0.05, 0) is 51.6 Å². The summed E-state index contributed by atoms with van der Waals surface area (Å²) < 4.78 is 5.86. The van der Waals surface area contributed by atoms with Gasteiger partial charge in [0, 0.05) is 43.5 Å². The van der Waals surface area contributed by atoms with Crippen molar-refractivity contribution in [2.45, 2.75) is 51.2 Å². The van der Waals surface area contributed by atoms with Gasteiger partial charge in [0.1, 0.15) is 0 Å². The Morgan fingerprint density at radius 2 is 1.82 bits per heavy atom. The van der Waals surface area contributed by atoms with Gasteiger partial charge in [-0.3, -0.25) is 9.79 Å². The van der Waals surface area contributed by atoms with Gasteiger partial charge in [-0.1, -0.05) is 12.1 Å². The van der Waals surface area contributed by atoms with Crippen LogP contribution in [0.15, 0.2) is 29.3 Å². The van der Waals surface area contributed by atoms with Crippen molar-refractivity contribution in [2.24, 2.45) is 4.99 Å². The first kappa shape index (κ1) is 22.6. The molecule has 1 aliphatic rings. The molecule has 0 aromatic heterocycles. The number of hydrogen-bond acceptors (Lipinski definition) is 4. The zero-order valence-electron chi connectivity index (χ0n) is 17.9. The van der Waals surface area contributed by atoms with Crippen LogP contribution in [0.25, 0.3) is 0 Å². The van der Waals surface area contributed by atoms with Crippen LogP contribution in [-0.4, -0.2) is 66.7 Å². The third-order valence-corrected chi connectivity index (χ3v) is 6.07. The first-order valence-corrected chi connectivity index (χ1v) is 11.0. The number of thioether (sulfide) groups is 1. The zero-order chi connectivity index (χ0) is 20.7. The standard InChI is InChI=1S/C21H34N4O2S/c1-15-12-25(13-16(2)27-15)19(26)18-9-7-17(8-10-18)11-23-20(22-5)24-14-21(3,4)28-6/h7-10,15-16H,11-14H2,1-6H3,(H2,22,23,24). The quantitative estimate of drug-likeness (QED) is 0.562. The van der Waals surface area contributed by atoms with Crippen LogP contribution in [0.1, 0.15) is 43.6 Å². The number of amides is 1. The van der Waals surface area contributed by atoms with Crippen LogP contribution in [0.5, 0.6) is 0 Å². The van der Waals surface area contributed by atoms with Gasteiger partial charge in [-0.15, -0.1) is 0 Å². The van der Waals surface area contributed by atoms with E-state index < -0.39 is 0 Å². The highest BCUT2D eigenvalue weighted by atomic mass is 32.2. The Kier molecular flexibility index (Phi) is 8.19. The van der Waals surface area contributed by atoms with E-state index in [0.29, 0.717) is 25.2 Å². The number of benzene rings is 1. The zero-order valence-corrected chi connectivity index (χ0v) is 18.7. The number of hydrogen-bond donors (Lipinski definition) is 2. The van der Waals surface area contributed by atoms with E-state index in [9.17, 15) is 4.79 Å². The second-order valence-corrected chi connectivity index (χ2v) is 9.42. The molecule has 1 aromatic carbocycles. The Morgan fingerprint density at radius 1 is 1.21 bits per heavy atom. The topological polar surface area (TPSA) is 66.0 Å². The van der Waals surface area contributed by atoms with Crippen LogP contribution in [0.3, 0.4) is 0 Å². The third kappa shape index (κ3) is 6.71. The first-order chi connectivity index (χ1) is 13.2. The fraction of sp³-hybridized carbons (Fsp3) is 0.619. The number of ether oxygens (including phenoxy) is 1. The average molecular weight is 407 g/mol. The van der Waals surface area contributed by atoms with Crippen LogP contribution in [0.4, 0.5) is 0 Å². The molecule has 0 spiro atoms. The maximum atomic E-state index is 12.7. The lowest BCUT2D eigenvalue weighted by atomic mass is 10.1. The molecule has 2 atom stereocenters. The lowest BCUT2D eigenvalue weighted by molar-refractivity contribution is -0.0586. The van der Waals surface area contributed by atoms with E-state index in [1.54, 1.807) is 7.05 Å². The van der Waals surface area contributed by atoms with E-state index >= 15 is 0 Å². The molecule has 2 unspecified atom stereocenters. The predicted octanol–water partition coefficient (Wildman–Crippen LogP) is 2.74. The molecule has 1 amide bonds. The molecule has 1 heterocycles. The summed E-state index contributed by atoms with van der Waals surface area (Å²) in [5, 5.41) is 6.68. The summed E-state index contributed by atoms with van der Waals surface area (Å²) in [6, 6.07) is 7.79. The molecule has 0 bridgehead atoms. The molecule has 2 rings (SSSR count). The Morgan fingerprint density at radius 3 is 2.36 bits per heavy atom.